The van der Waals surface area contributed by atoms with E-state index in [1.54, 1.807) is 11.7 Å². The van der Waals surface area contributed by atoms with E-state index in [0.717, 1.165) is 5.69 Å². The van der Waals surface area contributed by atoms with Crippen LogP contribution < -0.4 is 4.67 Å². The number of anilines is 1. The molecule has 8 heteroatoms. The van der Waals surface area contributed by atoms with Crippen molar-refractivity contribution in [3.05, 3.63) is 30.3 Å². The van der Waals surface area contributed by atoms with Crippen LogP contribution in [0.15, 0.2) is 30.3 Å². The molecule has 0 aliphatic rings. The lowest BCUT2D eigenvalue weighted by molar-refractivity contribution is 1.29. The Labute approximate surface area is 132 Å². The molecule has 96 valence electrons. The molecular formula is C9H8Cl6NP. The third-order valence-corrected chi connectivity index (χ3v) is 6.58. The molecule has 0 aliphatic heterocycles. The first kappa shape index (κ1) is 16.2. The van der Waals surface area contributed by atoms with Gasteiger partial charge >= 0.3 is 0 Å². The summed E-state index contributed by atoms with van der Waals surface area (Å²) in [5.41, 5.74) is 0.816. The van der Waals surface area contributed by atoms with Crippen molar-refractivity contribution in [2.24, 2.45) is 0 Å². The summed E-state index contributed by atoms with van der Waals surface area (Å²) in [6.07, 6.45) is 0. The molecule has 0 atom stereocenters. The molecule has 0 amide bonds. The van der Waals surface area contributed by atoms with Gasteiger partial charge in [0.25, 0.3) is 0 Å². The summed E-state index contributed by atoms with van der Waals surface area (Å²) >= 11 is 35.4. The minimum atomic E-state index is -1.66. The van der Waals surface area contributed by atoms with Gasteiger partial charge in [0.1, 0.15) is 0 Å². The number of hydrogen-bond acceptors (Lipinski definition) is 1. The highest BCUT2D eigenvalue weighted by molar-refractivity contribution is 7.74. The minimum absolute atomic E-state index is 0.816. The minimum Gasteiger partial charge on any atom is -0.347 e. The zero-order valence-corrected chi connectivity index (χ0v) is 14.0. The molecule has 0 radical (unpaired) electrons. The summed E-state index contributed by atoms with van der Waals surface area (Å²) in [5.74, 6) is 0. The summed E-state index contributed by atoms with van der Waals surface area (Å²) in [4.78, 5) is 0. The van der Waals surface area contributed by atoms with E-state index in [9.17, 15) is 0 Å². The molecule has 0 aromatic heterocycles. The van der Waals surface area contributed by atoms with Crippen LogP contribution in [-0.2, 0) is 0 Å². The Morgan fingerprint density at radius 3 is 1.65 bits per heavy atom. The average Bonchev–Trinajstić information content (AvgIpc) is 2.14. The molecule has 0 N–H and O–H groups in total. The van der Waals surface area contributed by atoms with Crippen molar-refractivity contribution >= 4 is 83.4 Å². The smallest absolute Gasteiger partial charge is 0.231 e. The van der Waals surface area contributed by atoms with E-state index >= 15 is 0 Å². The van der Waals surface area contributed by atoms with Gasteiger partial charge in [-0.05, 0) is 12.1 Å². The molecule has 1 nitrogen and oxygen atoms in total. The number of hydrogen-bond donors (Lipinski definition) is 0. The standard InChI is InChI=1S/C9H8Cl6NP/c1-16(7-5-3-2-4-6-7)17(8(10,11)12)9(13,14)15/h2-6H,1H3. The molecule has 0 saturated heterocycles. The Morgan fingerprint density at radius 1 is 0.882 bits per heavy atom. The number of para-hydroxylation sites is 1. The lowest BCUT2D eigenvalue weighted by Crippen LogP contribution is -2.26. The van der Waals surface area contributed by atoms with E-state index in [1.807, 2.05) is 30.3 Å². The number of nitrogens with zero attached hydrogens (tertiary/aromatic N) is 1. The molecule has 0 heterocycles. The van der Waals surface area contributed by atoms with Crippen molar-refractivity contribution in [3.63, 3.8) is 0 Å². The summed E-state index contributed by atoms with van der Waals surface area (Å²) < 4.78 is -1.63. The van der Waals surface area contributed by atoms with Crippen LogP contribution in [0, 0.1) is 0 Å². The molecular weight excluding hydrogens is 366 g/mol. The predicted octanol–water partition coefficient (Wildman–Crippen LogP) is 6.18. The molecule has 0 aliphatic carbocycles. The Morgan fingerprint density at radius 2 is 1.29 bits per heavy atom. The number of benzene rings is 1. The summed E-state index contributed by atoms with van der Waals surface area (Å²) in [6, 6.07) is 9.29. The summed E-state index contributed by atoms with van der Waals surface area (Å²) in [6.45, 7) is 0. The van der Waals surface area contributed by atoms with Gasteiger partial charge in [-0.3, -0.25) is 0 Å². The molecule has 0 saturated carbocycles. The second kappa shape index (κ2) is 6.09. The van der Waals surface area contributed by atoms with Crippen molar-refractivity contribution in [1.82, 2.24) is 0 Å². The van der Waals surface area contributed by atoms with Crippen LogP contribution >= 0.6 is 77.7 Å². The molecule has 1 aromatic carbocycles. The van der Waals surface area contributed by atoms with Crippen LogP contribution in [0.5, 0.6) is 0 Å². The van der Waals surface area contributed by atoms with Gasteiger partial charge in [0.2, 0.25) is 7.07 Å². The van der Waals surface area contributed by atoms with Gasteiger partial charge in [-0.2, -0.15) is 0 Å². The van der Waals surface area contributed by atoms with Gasteiger partial charge in [0.15, 0.2) is 0 Å². The topological polar surface area (TPSA) is 3.24 Å². The maximum absolute atomic E-state index is 5.89. The van der Waals surface area contributed by atoms with Gasteiger partial charge in [-0.1, -0.05) is 87.8 Å². The van der Waals surface area contributed by atoms with Crippen LogP contribution in [0.2, 0.25) is 0 Å². The monoisotopic (exact) mass is 371 g/mol. The fourth-order valence-electron chi connectivity index (χ4n) is 1.24. The van der Waals surface area contributed by atoms with Gasteiger partial charge in [-0.15, -0.1) is 0 Å². The van der Waals surface area contributed by atoms with E-state index in [2.05, 4.69) is 0 Å². The molecule has 0 bridgehead atoms. The summed E-state index contributed by atoms with van der Waals surface area (Å²) in [5, 5.41) is 0. The quantitative estimate of drug-likeness (QED) is 0.442. The van der Waals surface area contributed by atoms with Gasteiger partial charge in [0, 0.05) is 12.7 Å². The van der Waals surface area contributed by atoms with E-state index in [0.29, 0.717) is 0 Å². The third kappa shape index (κ3) is 4.66. The maximum atomic E-state index is 5.89. The van der Waals surface area contributed by atoms with Gasteiger partial charge in [0.05, 0.1) is 8.07 Å². The number of alkyl halides is 6. The van der Waals surface area contributed by atoms with E-state index in [1.165, 1.54) is 0 Å². The third-order valence-electron chi connectivity index (χ3n) is 1.91. The fourth-order valence-corrected chi connectivity index (χ4v) is 8.07. The highest BCUT2D eigenvalue weighted by Crippen LogP contribution is 2.72. The lowest BCUT2D eigenvalue weighted by atomic mass is 10.3. The van der Waals surface area contributed by atoms with E-state index < -0.39 is 15.1 Å². The Hall–Kier alpha value is 1.19. The summed E-state index contributed by atoms with van der Waals surface area (Å²) in [7, 11) is 0.0727. The van der Waals surface area contributed by atoms with Crippen LogP contribution in [0.1, 0.15) is 0 Å². The molecule has 1 rings (SSSR count). The van der Waals surface area contributed by atoms with Crippen molar-refractivity contribution < 1.29 is 0 Å². The number of halogens is 6. The van der Waals surface area contributed by atoms with Crippen LogP contribution in [0.3, 0.4) is 0 Å². The predicted molar refractivity (Wildman–Crippen MR) is 82.3 cm³/mol. The molecule has 17 heavy (non-hydrogen) atoms. The van der Waals surface area contributed by atoms with Crippen molar-refractivity contribution in [3.8, 4) is 0 Å². The maximum Gasteiger partial charge on any atom is 0.231 e. The van der Waals surface area contributed by atoms with E-state index in [4.69, 9.17) is 69.6 Å². The Kier molecular flexibility index (Phi) is 5.82. The fraction of sp³-hybridized carbons (Fsp3) is 0.333. The second-order valence-corrected chi connectivity index (χ2v) is 11.8. The van der Waals surface area contributed by atoms with Gasteiger partial charge in [-0.25, -0.2) is 0 Å². The Bertz CT molecular complexity index is 346. The average molecular weight is 374 g/mol. The second-order valence-electron chi connectivity index (χ2n) is 3.11. The zero-order valence-electron chi connectivity index (χ0n) is 8.55. The zero-order chi connectivity index (χ0) is 13.3. The van der Waals surface area contributed by atoms with Crippen LogP contribution in [0.25, 0.3) is 0 Å². The van der Waals surface area contributed by atoms with Crippen molar-refractivity contribution in [1.29, 1.82) is 0 Å². The highest BCUT2D eigenvalue weighted by atomic mass is 35.6. The largest absolute Gasteiger partial charge is 0.347 e. The first-order chi connectivity index (χ1) is 7.64. The number of rotatable bonds is 2. The van der Waals surface area contributed by atoms with Crippen LogP contribution in [0.4, 0.5) is 5.69 Å². The first-order valence-corrected chi connectivity index (χ1v) is 7.92. The van der Waals surface area contributed by atoms with Crippen molar-refractivity contribution in [2.75, 3.05) is 11.7 Å². The first-order valence-electron chi connectivity index (χ1n) is 4.36. The lowest BCUT2D eigenvalue weighted by Gasteiger charge is -2.38. The molecule has 1 aromatic rings. The molecule has 0 fully saturated rings. The SMILES string of the molecule is CN(c1ccccc1)P(C(Cl)(Cl)Cl)C(Cl)(Cl)Cl. The Balaban J connectivity index is 3.09. The molecule has 0 unspecified atom stereocenters. The molecule has 0 spiro atoms. The highest BCUT2D eigenvalue weighted by Gasteiger charge is 2.49. The van der Waals surface area contributed by atoms with Crippen molar-refractivity contribution in [2.45, 2.75) is 7.07 Å². The van der Waals surface area contributed by atoms with E-state index in [-0.39, 0.29) is 0 Å². The van der Waals surface area contributed by atoms with Crippen LogP contribution in [-0.4, -0.2) is 14.1 Å². The van der Waals surface area contributed by atoms with Gasteiger partial charge < -0.3 is 4.67 Å². The normalized spacial score (nSPS) is 12.9.